The van der Waals surface area contributed by atoms with Crippen molar-refractivity contribution in [3.63, 3.8) is 0 Å². The van der Waals surface area contributed by atoms with Gasteiger partial charge in [0.05, 0.1) is 7.11 Å². The second kappa shape index (κ2) is 3.52. The third-order valence-electron chi connectivity index (χ3n) is 2.92. The van der Waals surface area contributed by atoms with E-state index in [-0.39, 0.29) is 5.92 Å². The number of carbonyl (C=O) groups excluding carboxylic acids is 1. The average molecular weight is 227 g/mol. The molecule has 2 atom stereocenters. The highest BCUT2D eigenvalue weighted by Gasteiger charge is 2.59. The van der Waals surface area contributed by atoms with Crippen LogP contribution in [0.2, 0.25) is 0 Å². The van der Waals surface area contributed by atoms with Gasteiger partial charge in [0.25, 0.3) is 0 Å². The van der Waals surface area contributed by atoms with Crippen LogP contribution in [0, 0.1) is 11.6 Å². The molecular weight excluding hydrogens is 216 g/mol. The van der Waals surface area contributed by atoms with Gasteiger partial charge in [-0.1, -0.05) is 6.07 Å². The molecule has 3 nitrogen and oxygen atoms in total. The summed E-state index contributed by atoms with van der Waals surface area (Å²) < 4.78 is 30.2. The SMILES string of the molecule is COC(=O)C1(N)CC1c1ccc(F)c(F)c1. The van der Waals surface area contributed by atoms with E-state index >= 15 is 0 Å². The Morgan fingerprint density at radius 2 is 2.19 bits per heavy atom. The van der Waals surface area contributed by atoms with E-state index in [1.807, 2.05) is 0 Å². The molecular formula is C11H11F2NO2. The molecule has 1 fully saturated rings. The van der Waals surface area contributed by atoms with E-state index in [1.54, 1.807) is 0 Å². The van der Waals surface area contributed by atoms with Crippen LogP contribution in [0.1, 0.15) is 17.9 Å². The first-order valence-electron chi connectivity index (χ1n) is 4.81. The number of hydrogen-bond donors (Lipinski definition) is 1. The normalized spacial score (nSPS) is 27.6. The van der Waals surface area contributed by atoms with Crippen LogP contribution in [0.4, 0.5) is 8.78 Å². The zero-order chi connectivity index (χ0) is 11.9. The topological polar surface area (TPSA) is 52.3 Å². The number of esters is 1. The fourth-order valence-electron chi connectivity index (χ4n) is 1.84. The summed E-state index contributed by atoms with van der Waals surface area (Å²) in [7, 11) is 1.25. The van der Waals surface area contributed by atoms with Crippen LogP contribution < -0.4 is 5.73 Å². The molecule has 2 unspecified atom stereocenters. The van der Waals surface area contributed by atoms with Crippen LogP contribution in [0.3, 0.4) is 0 Å². The lowest BCUT2D eigenvalue weighted by Gasteiger charge is -2.08. The molecule has 0 amide bonds. The minimum absolute atomic E-state index is 0.296. The fourth-order valence-corrected chi connectivity index (χ4v) is 1.84. The van der Waals surface area contributed by atoms with Gasteiger partial charge in [-0.3, -0.25) is 4.79 Å². The molecule has 2 N–H and O–H groups in total. The molecule has 0 radical (unpaired) electrons. The molecule has 0 saturated heterocycles. The summed E-state index contributed by atoms with van der Waals surface area (Å²) >= 11 is 0. The number of hydrogen-bond acceptors (Lipinski definition) is 3. The molecule has 0 heterocycles. The van der Waals surface area contributed by atoms with Crippen molar-refractivity contribution in [3.05, 3.63) is 35.4 Å². The van der Waals surface area contributed by atoms with Gasteiger partial charge >= 0.3 is 5.97 Å². The number of rotatable bonds is 2. The van der Waals surface area contributed by atoms with Gasteiger partial charge in [-0.05, 0) is 24.1 Å². The Labute approximate surface area is 91.2 Å². The molecule has 1 aromatic rings. The van der Waals surface area contributed by atoms with Gasteiger partial charge in [-0.15, -0.1) is 0 Å². The Kier molecular flexibility index (Phi) is 2.42. The maximum absolute atomic E-state index is 13.0. The first kappa shape index (κ1) is 11.0. The van der Waals surface area contributed by atoms with E-state index in [0.29, 0.717) is 12.0 Å². The molecule has 1 saturated carbocycles. The first-order valence-corrected chi connectivity index (χ1v) is 4.81. The summed E-state index contributed by atoms with van der Waals surface area (Å²) in [5, 5.41) is 0. The third-order valence-corrected chi connectivity index (χ3v) is 2.92. The second-order valence-corrected chi connectivity index (χ2v) is 3.96. The van der Waals surface area contributed by atoms with Gasteiger partial charge in [-0.25, -0.2) is 8.78 Å². The van der Waals surface area contributed by atoms with Gasteiger partial charge in [0, 0.05) is 5.92 Å². The molecule has 86 valence electrons. The molecule has 0 bridgehead atoms. The van der Waals surface area contributed by atoms with Crippen molar-refractivity contribution in [1.29, 1.82) is 0 Å². The Hall–Kier alpha value is -1.49. The number of halogens is 2. The van der Waals surface area contributed by atoms with Crippen molar-refractivity contribution in [3.8, 4) is 0 Å². The van der Waals surface area contributed by atoms with E-state index in [1.165, 1.54) is 13.2 Å². The summed E-state index contributed by atoms with van der Waals surface area (Å²) in [5.74, 6) is -2.67. The van der Waals surface area contributed by atoms with Crippen molar-refractivity contribution in [2.24, 2.45) is 5.73 Å². The van der Waals surface area contributed by atoms with E-state index in [2.05, 4.69) is 4.74 Å². The lowest BCUT2D eigenvalue weighted by molar-refractivity contribution is -0.143. The van der Waals surface area contributed by atoms with Crippen LogP contribution in [-0.4, -0.2) is 18.6 Å². The standard InChI is InChI=1S/C11H11F2NO2/c1-16-10(15)11(14)5-7(11)6-2-3-8(12)9(13)4-6/h2-4,7H,5,14H2,1H3. The molecule has 0 spiro atoms. The molecule has 1 aromatic carbocycles. The lowest BCUT2D eigenvalue weighted by atomic mass is 10.1. The molecule has 0 aromatic heterocycles. The predicted molar refractivity (Wildman–Crippen MR) is 52.7 cm³/mol. The number of ether oxygens (including phenoxy) is 1. The first-order chi connectivity index (χ1) is 7.49. The molecule has 1 aliphatic carbocycles. The minimum Gasteiger partial charge on any atom is -0.468 e. The van der Waals surface area contributed by atoms with Gasteiger partial charge < -0.3 is 10.5 Å². The summed E-state index contributed by atoms with van der Waals surface area (Å²) in [6.45, 7) is 0. The van der Waals surface area contributed by atoms with Gasteiger partial charge in [-0.2, -0.15) is 0 Å². The van der Waals surface area contributed by atoms with E-state index in [9.17, 15) is 13.6 Å². The quantitative estimate of drug-likeness (QED) is 0.775. The maximum Gasteiger partial charge on any atom is 0.326 e. The predicted octanol–water partition coefficient (Wildman–Crippen LogP) is 1.32. The number of benzene rings is 1. The van der Waals surface area contributed by atoms with E-state index in [0.717, 1.165) is 12.1 Å². The van der Waals surface area contributed by atoms with E-state index < -0.39 is 23.1 Å². The van der Waals surface area contributed by atoms with Crippen LogP contribution in [0.15, 0.2) is 18.2 Å². The highest BCUT2D eigenvalue weighted by molar-refractivity contribution is 5.86. The molecule has 1 aliphatic rings. The highest BCUT2D eigenvalue weighted by Crippen LogP contribution is 2.50. The smallest absolute Gasteiger partial charge is 0.326 e. The van der Waals surface area contributed by atoms with Gasteiger partial charge in [0.2, 0.25) is 0 Å². The monoisotopic (exact) mass is 227 g/mol. The second-order valence-electron chi connectivity index (χ2n) is 3.96. The Balaban J connectivity index is 2.23. The summed E-state index contributed by atoms with van der Waals surface area (Å²) in [6, 6.07) is 3.53. The Morgan fingerprint density at radius 3 is 2.75 bits per heavy atom. The van der Waals surface area contributed by atoms with Crippen molar-refractivity contribution in [2.45, 2.75) is 17.9 Å². The zero-order valence-corrected chi connectivity index (χ0v) is 8.67. The van der Waals surface area contributed by atoms with Crippen LogP contribution >= 0.6 is 0 Å². The van der Waals surface area contributed by atoms with Crippen molar-refractivity contribution < 1.29 is 18.3 Å². The number of carbonyl (C=O) groups is 1. The van der Waals surface area contributed by atoms with Crippen LogP contribution in [0.25, 0.3) is 0 Å². The Bertz CT molecular complexity index is 450. The number of nitrogens with two attached hydrogens (primary N) is 1. The van der Waals surface area contributed by atoms with E-state index in [4.69, 9.17) is 5.73 Å². The van der Waals surface area contributed by atoms with Gasteiger partial charge in [0.15, 0.2) is 11.6 Å². The van der Waals surface area contributed by atoms with Gasteiger partial charge in [0.1, 0.15) is 5.54 Å². The maximum atomic E-state index is 13.0. The average Bonchev–Trinajstić information content (AvgIpc) is 2.95. The van der Waals surface area contributed by atoms with Crippen molar-refractivity contribution in [1.82, 2.24) is 0 Å². The molecule has 5 heteroatoms. The highest BCUT2D eigenvalue weighted by atomic mass is 19.2. The van der Waals surface area contributed by atoms with Crippen LogP contribution in [-0.2, 0) is 9.53 Å². The summed E-state index contributed by atoms with van der Waals surface area (Å²) in [5.41, 5.74) is 5.21. The number of methoxy groups -OCH3 is 1. The van der Waals surface area contributed by atoms with Crippen LogP contribution in [0.5, 0.6) is 0 Å². The molecule has 16 heavy (non-hydrogen) atoms. The lowest BCUT2D eigenvalue weighted by Crippen LogP contribution is -2.35. The minimum atomic E-state index is -1.08. The van der Waals surface area contributed by atoms with Crippen molar-refractivity contribution in [2.75, 3.05) is 7.11 Å². The molecule has 0 aliphatic heterocycles. The summed E-state index contributed by atoms with van der Waals surface area (Å²) in [4.78, 5) is 11.3. The van der Waals surface area contributed by atoms with Crippen molar-refractivity contribution >= 4 is 5.97 Å². The fraction of sp³-hybridized carbons (Fsp3) is 0.364. The Morgan fingerprint density at radius 1 is 1.50 bits per heavy atom. The molecule has 2 rings (SSSR count). The largest absolute Gasteiger partial charge is 0.468 e. The summed E-state index contributed by atoms with van der Waals surface area (Å²) in [6.07, 6.45) is 0.394. The third kappa shape index (κ3) is 1.57. The zero-order valence-electron chi connectivity index (χ0n) is 8.67.